The Morgan fingerprint density at radius 2 is 2.13 bits per heavy atom. The van der Waals surface area contributed by atoms with E-state index in [2.05, 4.69) is 10.4 Å². The molecule has 0 aromatic rings. The number of hydrogen-bond acceptors (Lipinski definition) is 5. The van der Waals surface area contributed by atoms with Gasteiger partial charge in [0.25, 0.3) is 0 Å². The molecule has 1 fully saturated rings. The number of ether oxygens (including phenoxy) is 1. The van der Waals surface area contributed by atoms with Crippen molar-refractivity contribution >= 4 is 17.7 Å². The van der Waals surface area contributed by atoms with Crippen LogP contribution < -0.4 is 5.43 Å². The van der Waals surface area contributed by atoms with E-state index in [0.717, 1.165) is 24.6 Å². The molecule has 1 rings (SSSR count). The predicted octanol–water partition coefficient (Wildman–Crippen LogP) is 1.01. The maximum atomic E-state index is 11.1. The summed E-state index contributed by atoms with van der Waals surface area (Å²) < 4.78 is 4.95. The molecule has 86 valence electrons. The van der Waals surface area contributed by atoms with Crippen molar-refractivity contribution in [2.24, 2.45) is 0 Å². The number of carbonyl (C=O) groups is 1. The van der Waals surface area contributed by atoms with Crippen molar-refractivity contribution in [2.45, 2.75) is 20.0 Å². The van der Waals surface area contributed by atoms with Gasteiger partial charge in [-0.1, -0.05) is 0 Å². The first-order chi connectivity index (χ1) is 7.18. The van der Waals surface area contributed by atoms with Crippen molar-refractivity contribution in [1.29, 1.82) is 0 Å². The van der Waals surface area contributed by atoms with Gasteiger partial charge in [0.05, 0.1) is 6.10 Å². The average molecular weight is 230 g/mol. The van der Waals surface area contributed by atoms with Crippen LogP contribution in [0.5, 0.6) is 0 Å². The molecule has 15 heavy (non-hydrogen) atoms. The maximum absolute atomic E-state index is 11.1. The Hall–Kier alpha value is -0.680. The zero-order valence-electron chi connectivity index (χ0n) is 9.23. The lowest BCUT2D eigenvalue weighted by molar-refractivity contribution is -0.141. The number of nitrogens with one attached hydrogen (secondary N) is 1. The Bertz CT molecular complexity index is 225. The van der Waals surface area contributed by atoms with Crippen LogP contribution in [-0.2, 0) is 9.53 Å². The molecule has 0 unspecified atom stereocenters. The largest absolute Gasteiger partial charge is 0.460 e. The van der Waals surface area contributed by atoms with Crippen LogP contribution in [-0.4, -0.2) is 41.7 Å². The third-order valence-corrected chi connectivity index (χ3v) is 2.78. The number of hydrazine groups is 1. The number of thioether (sulfide) groups is 1. The van der Waals surface area contributed by atoms with Crippen molar-refractivity contribution in [3.63, 3.8) is 0 Å². The van der Waals surface area contributed by atoms with Gasteiger partial charge < -0.3 is 10.2 Å². The molecule has 1 heterocycles. The van der Waals surface area contributed by atoms with Gasteiger partial charge in [0.1, 0.15) is 0 Å². The van der Waals surface area contributed by atoms with E-state index < -0.39 is 0 Å². The Morgan fingerprint density at radius 3 is 2.73 bits per heavy atom. The monoisotopic (exact) mass is 230 g/mol. The number of esters is 1. The summed E-state index contributed by atoms with van der Waals surface area (Å²) in [4.78, 5) is 11.1. The summed E-state index contributed by atoms with van der Waals surface area (Å²) in [5.74, 6) is 1.97. The molecule has 0 aromatic heterocycles. The summed E-state index contributed by atoms with van der Waals surface area (Å²) in [6.45, 7) is 5.69. The van der Waals surface area contributed by atoms with Crippen LogP contribution in [0.2, 0.25) is 0 Å². The summed E-state index contributed by atoms with van der Waals surface area (Å²) in [6, 6.07) is 0. The van der Waals surface area contributed by atoms with Crippen molar-refractivity contribution in [3.05, 3.63) is 12.3 Å². The minimum atomic E-state index is -0.302. The predicted molar refractivity (Wildman–Crippen MR) is 62.4 cm³/mol. The summed E-state index contributed by atoms with van der Waals surface area (Å²) in [5.41, 5.74) is 3.06. The molecule has 0 aliphatic carbocycles. The molecule has 0 bridgehead atoms. The minimum absolute atomic E-state index is 0.0615. The lowest BCUT2D eigenvalue weighted by atomic mass is 10.5. The summed E-state index contributed by atoms with van der Waals surface area (Å²) in [6.07, 6.45) is 3.00. The molecule has 0 atom stereocenters. The van der Waals surface area contributed by atoms with Crippen LogP contribution >= 0.6 is 11.8 Å². The second-order valence-corrected chi connectivity index (χ2v) is 4.77. The van der Waals surface area contributed by atoms with Gasteiger partial charge in [0.2, 0.25) is 0 Å². The lowest BCUT2D eigenvalue weighted by Crippen LogP contribution is -2.40. The highest BCUT2D eigenvalue weighted by atomic mass is 32.2. The summed E-state index contributed by atoms with van der Waals surface area (Å²) in [7, 11) is 0. The minimum Gasteiger partial charge on any atom is -0.460 e. The smallest absolute Gasteiger partial charge is 0.332 e. The Morgan fingerprint density at radius 1 is 1.47 bits per heavy atom. The fourth-order valence-corrected chi connectivity index (χ4v) is 2.08. The van der Waals surface area contributed by atoms with Gasteiger partial charge in [-0.25, -0.2) is 9.80 Å². The van der Waals surface area contributed by atoms with E-state index in [-0.39, 0.29) is 12.1 Å². The van der Waals surface area contributed by atoms with Crippen molar-refractivity contribution < 1.29 is 9.53 Å². The molecule has 5 heteroatoms. The van der Waals surface area contributed by atoms with Crippen molar-refractivity contribution in [3.8, 4) is 0 Å². The van der Waals surface area contributed by atoms with Crippen LogP contribution in [0.25, 0.3) is 0 Å². The number of rotatable bonds is 4. The van der Waals surface area contributed by atoms with Gasteiger partial charge >= 0.3 is 5.97 Å². The Balaban J connectivity index is 2.17. The summed E-state index contributed by atoms with van der Waals surface area (Å²) in [5, 5.41) is 2.09. The Labute approximate surface area is 95.0 Å². The van der Waals surface area contributed by atoms with Crippen LogP contribution in [0.3, 0.4) is 0 Å². The van der Waals surface area contributed by atoms with Gasteiger partial charge in [-0.3, -0.25) is 0 Å². The number of hydrogen-bond donors (Lipinski definition) is 1. The average Bonchev–Trinajstić information content (AvgIpc) is 2.18. The second kappa shape index (κ2) is 6.74. The molecule has 1 aliphatic rings. The fourth-order valence-electron chi connectivity index (χ4n) is 1.17. The molecule has 0 amide bonds. The topological polar surface area (TPSA) is 41.6 Å². The normalized spacial score (nSPS) is 18.3. The SMILES string of the molecule is CC(C)OC(=O)C=CNN1CCSCC1. The van der Waals surface area contributed by atoms with E-state index in [0.29, 0.717) is 0 Å². The first-order valence-corrected chi connectivity index (χ1v) is 6.30. The van der Waals surface area contributed by atoms with Gasteiger partial charge in [0.15, 0.2) is 0 Å². The molecule has 0 saturated carbocycles. The second-order valence-electron chi connectivity index (χ2n) is 3.55. The van der Waals surface area contributed by atoms with Crippen molar-refractivity contribution in [2.75, 3.05) is 24.6 Å². The standard InChI is InChI=1S/C10H18N2O2S/c1-9(2)14-10(13)3-4-11-12-5-7-15-8-6-12/h3-4,9,11H,5-8H2,1-2H3. The van der Waals surface area contributed by atoms with Crippen LogP contribution in [0.1, 0.15) is 13.8 Å². The molecule has 0 spiro atoms. The first kappa shape index (κ1) is 12.4. The first-order valence-electron chi connectivity index (χ1n) is 5.14. The molecule has 1 aliphatic heterocycles. The zero-order chi connectivity index (χ0) is 11.1. The van der Waals surface area contributed by atoms with Gasteiger partial charge in [-0.05, 0) is 13.8 Å². The molecule has 0 radical (unpaired) electrons. The van der Waals surface area contributed by atoms with Crippen LogP contribution in [0.15, 0.2) is 12.3 Å². The van der Waals surface area contributed by atoms with Crippen LogP contribution in [0, 0.1) is 0 Å². The molecular formula is C10H18N2O2S. The molecule has 1 saturated heterocycles. The van der Waals surface area contributed by atoms with Crippen LogP contribution in [0.4, 0.5) is 0 Å². The van der Waals surface area contributed by atoms with E-state index in [4.69, 9.17) is 4.74 Å². The highest BCUT2D eigenvalue weighted by molar-refractivity contribution is 7.99. The highest BCUT2D eigenvalue weighted by Crippen LogP contribution is 2.06. The van der Waals surface area contributed by atoms with Gasteiger partial charge in [-0.15, -0.1) is 0 Å². The number of carbonyl (C=O) groups excluding carboxylic acids is 1. The quantitative estimate of drug-likeness (QED) is 0.576. The third-order valence-electron chi connectivity index (χ3n) is 1.84. The molecular weight excluding hydrogens is 212 g/mol. The lowest BCUT2D eigenvalue weighted by Gasteiger charge is -2.25. The van der Waals surface area contributed by atoms with E-state index in [1.165, 1.54) is 6.08 Å². The zero-order valence-corrected chi connectivity index (χ0v) is 10.0. The Kier molecular flexibility index (Phi) is 5.57. The molecule has 0 aromatic carbocycles. The van der Waals surface area contributed by atoms with E-state index in [1.54, 1.807) is 6.20 Å². The van der Waals surface area contributed by atoms with E-state index in [1.807, 2.05) is 25.6 Å². The van der Waals surface area contributed by atoms with Gasteiger partial charge in [0, 0.05) is 36.9 Å². The van der Waals surface area contributed by atoms with E-state index in [9.17, 15) is 4.79 Å². The summed E-state index contributed by atoms with van der Waals surface area (Å²) >= 11 is 1.95. The fraction of sp³-hybridized carbons (Fsp3) is 0.700. The molecule has 1 N–H and O–H groups in total. The third kappa shape index (κ3) is 5.69. The van der Waals surface area contributed by atoms with Crippen molar-refractivity contribution in [1.82, 2.24) is 10.4 Å². The number of nitrogens with zero attached hydrogens (tertiary/aromatic N) is 1. The highest BCUT2D eigenvalue weighted by Gasteiger charge is 2.07. The molecule has 4 nitrogen and oxygen atoms in total. The van der Waals surface area contributed by atoms with E-state index >= 15 is 0 Å². The maximum Gasteiger partial charge on any atom is 0.332 e. The van der Waals surface area contributed by atoms with Gasteiger partial charge in [-0.2, -0.15) is 11.8 Å².